The molecule has 1 amide bonds. The van der Waals surface area contributed by atoms with Crippen LogP contribution in [0, 0.1) is 11.8 Å². The van der Waals surface area contributed by atoms with Crippen LogP contribution < -0.4 is 0 Å². The number of amides is 1. The maximum Gasteiger partial charge on any atom is 0.434 e. The molecule has 1 aliphatic rings. The van der Waals surface area contributed by atoms with Crippen molar-refractivity contribution < 1.29 is 19.1 Å². The number of benzene rings is 1. The van der Waals surface area contributed by atoms with Crippen LogP contribution in [0.5, 0.6) is 0 Å². The fourth-order valence-electron chi connectivity index (χ4n) is 2.66. The van der Waals surface area contributed by atoms with Gasteiger partial charge in [0.15, 0.2) is 0 Å². The number of hydrogen-bond acceptors (Lipinski definition) is 4. The first kappa shape index (κ1) is 16.2. The van der Waals surface area contributed by atoms with E-state index in [0.29, 0.717) is 18.3 Å². The van der Waals surface area contributed by atoms with E-state index in [1.807, 2.05) is 30.3 Å². The minimum atomic E-state index is -0.753. The Hall–Kier alpha value is -2.17. The summed E-state index contributed by atoms with van der Waals surface area (Å²) in [5.74, 6) is 0.514. The highest BCUT2D eigenvalue weighted by Crippen LogP contribution is 2.35. The number of methoxy groups -OCH3 is 1. The maximum absolute atomic E-state index is 11.8. The van der Waals surface area contributed by atoms with E-state index in [2.05, 4.69) is 11.9 Å². The van der Waals surface area contributed by atoms with Crippen LogP contribution in [0.1, 0.15) is 31.7 Å². The summed E-state index contributed by atoms with van der Waals surface area (Å²) in [5.41, 5.74) is 1.02. The van der Waals surface area contributed by atoms with Crippen molar-refractivity contribution in [2.24, 2.45) is 16.8 Å². The number of ether oxygens (including phenoxy) is 2. The van der Waals surface area contributed by atoms with Crippen LogP contribution >= 0.6 is 0 Å². The van der Waals surface area contributed by atoms with Crippen LogP contribution in [0.15, 0.2) is 35.3 Å². The molecule has 1 aliphatic carbocycles. The quantitative estimate of drug-likeness (QED) is 0.618. The highest BCUT2D eigenvalue weighted by Gasteiger charge is 2.29. The third kappa shape index (κ3) is 4.69. The summed E-state index contributed by atoms with van der Waals surface area (Å²) in [6.07, 6.45) is 1.82. The molecule has 0 N–H and O–H groups in total. The van der Waals surface area contributed by atoms with Gasteiger partial charge in [-0.1, -0.05) is 37.3 Å². The zero-order valence-corrected chi connectivity index (χ0v) is 13.0. The molecule has 0 saturated heterocycles. The molecule has 1 saturated carbocycles. The predicted molar refractivity (Wildman–Crippen MR) is 82.6 cm³/mol. The second kappa shape index (κ2) is 7.73. The smallest absolute Gasteiger partial charge is 0.434 e. The summed E-state index contributed by atoms with van der Waals surface area (Å²) in [5, 5.41) is 0. The van der Waals surface area contributed by atoms with Crippen LogP contribution in [-0.4, -0.2) is 24.9 Å². The SMILES string of the molecule is COC(=O)C(CC1CC(C)C1)=NC(=O)OCc1ccccc1. The number of rotatable bonds is 5. The van der Waals surface area contributed by atoms with Gasteiger partial charge in [-0.15, -0.1) is 0 Å². The Morgan fingerprint density at radius 2 is 1.91 bits per heavy atom. The number of hydrogen-bond donors (Lipinski definition) is 0. The topological polar surface area (TPSA) is 65.0 Å². The van der Waals surface area contributed by atoms with Crippen LogP contribution in [0.25, 0.3) is 0 Å². The Morgan fingerprint density at radius 1 is 1.23 bits per heavy atom. The average Bonchev–Trinajstić information content (AvgIpc) is 2.50. The van der Waals surface area contributed by atoms with Crippen LogP contribution in [-0.2, 0) is 20.9 Å². The van der Waals surface area contributed by atoms with Crippen molar-refractivity contribution in [3.63, 3.8) is 0 Å². The number of nitrogens with zero attached hydrogens (tertiary/aromatic N) is 1. The Bertz CT molecular complexity index is 547. The van der Waals surface area contributed by atoms with Gasteiger partial charge in [0.25, 0.3) is 0 Å². The van der Waals surface area contributed by atoms with E-state index in [4.69, 9.17) is 9.47 Å². The number of aliphatic imine (C=N–C) groups is 1. The monoisotopic (exact) mass is 303 g/mol. The molecular formula is C17H21NO4. The van der Waals surface area contributed by atoms with Crippen molar-refractivity contribution in [1.82, 2.24) is 0 Å². The van der Waals surface area contributed by atoms with Crippen molar-refractivity contribution >= 4 is 17.8 Å². The third-order valence-electron chi connectivity index (χ3n) is 3.81. The lowest BCUT2D eigenvalue weighted by atomic mass is 9.73. The Balaban J connectivity index is 1.92. The molecule has 5 nitrogen and oxygen atoms in total. The molecule has 0 radical (unpaired) electrons. The largest absolute Gasteiger partial charge is 0.465 e. The first-order valence-electron chi connectivity index (χ1n) is 7.45. The zero-order chi connectivity index (χ0) is 15.9. The molecule has 0 aromatic heterocycles. The van der Waals surface area contributed by atoms with E-state index in [1.165, 1.54) is 7.11 Å². The molecule has 0 spiro atoms. The minimum Gasteiger partial charge on any atom is -0.465 e. The lowest BCUT2D eigenvalue weighted by Crippen LogP contribution is -2.28. The highest BCUT2D eigenvalue weighted by molar-refractivity contribution is 6.37. The fourth-order valence-corrected chi connectivity index (χ4v) is 2.66. The van der Waals surface area contributed by atoms with Gasteiger partial charge in [0.2, 0.25) is 0 Å². The van der Waals surface area contributed by atoms with Gasteiger partial charge in [0, 0.05) is 6.42 Å². The minimum absolute atomic E-state index is 0.137. The van der Waals surface area contributed by atoms with Crippen LogP contribution in [0.4, 0.5) is 4.79 Å². The first-order valence-corrected chi connectivity index (χ1v) is 7.45. The molecule has 0 unspecified atom stereocenters. The van der Waals surface area contributed by atoms with Gasteiger partial charge >= 0.3 is 12.1 Å². The maximum atomic E-state index is 11.8. The number of carbonyl (C=O) groups is 2. The second-order valence-corrected chi connectivity index (χ2v) is 5.74. The van der Waals surface area contributed by atoms with Crippen molar-refractivity contribution in [3.05, 3.63) is 35.9 Å². The fraction of sp³-hybridized carbons (Fsp3) is 0.471. The van der Waals surface area contributed by atoms with Crippen molar-refractivity contribution in [2.45, 2.75) is 32.8 Å². The Labute approximate surface area is 130 Å². The summed E-state index contributed by atoms with van der Waals surface area (Å²) in [6.45, 7) is 2.30. The van der Waals surface area contributed by atoms with Gasteiger partial charge in [0.1, 0.15) is 12.3 Å². The van der Waals surface area contributed by atoms with Crippen molar-refractivity contribution in [1.29, 1.82) is 0 Å². The molecule has 5 heteroatoms. The first-order chi connectivity index (χ1) is 10.6. The number of esters is 1. The van der Waals surface area contributed by atoms with Gasteiger partial charge in [0.05, 0.1) is 7.11 Å². The van der Waals surface area contributed by atoms with E-state index in [1.54, 1.807) is 0 Å². The molecule has 1 fully saturated rings. The standard InChI is InChI=1S/C17H21NO4/c1-12-8-14(9-12)10-15(16(19)21-2)18-17(20)22-11-13-6-4-3-5-7-13/h3-7,12,14H,8-11H2,1-2H3. The highest BCUT2D eigenvalue weighted by atomic mass is 16.5. The molecule has 0 bridgehead atoms. The molecule has 0 aliphatic heterocycles. The van der Waals surface area contributed by atoms with Gasteiger partial charge in [-0.2, -0.15) is 4.99 Å². The Kier molecular flexibility index (Phi) is 5.69. The molecule has 2 rings (SSSR count). The molecule has 22 heavy (non-hydrogen) atoms. The van der Waals surface area contributed by atoms with Gasteiger partial charge in [-0.05, 0) is 30.2 Å². The Morgan fingerprint density at radius 3 is 2.50 bits per heavy atom. The van der Waals surface area contributed by atoms with E-state index in [-0.39, 0.29) is 12.3 Å². The number of carbonyl (C=O) groups excluding carboxylic acids is 2. The molecule has 0 atom stereocenters. The normalized spacial score (nSPS) is 20.9. The zero-order valence-electron chi connectivity index (χ0n) is 13.0. The molecule has 1 aromatic carbocycles. The van der Waals surface area contributed by atoms with Gasteiger partial charge in [-0.3, -0.25) is 0 Å². The van der Waals surface area contributed by atoms with E-state index in [9.17, 15) is 9.59 Å². The summed E-state index contributed by atoms with van der Waals surface area (Å²) < 4.78 is 9.77. The van der Waals surface area contributed by atoms with Crippen LogP contribution in [0.2, 0.25) is 0 Å². The van der Waals surface area contributed by atoms with E-state index in [0.717, 1.165) is 18.4 Å². The van der Waals surface area contributed by atoms with E-state index < -0.39 is 12.1 Å². The molecule has 0 heterocycles. The van der Waals surface area contributed by atoms with Crippen molar-refractivity contribution in [3.8, 4) is 0 Å². The second-order valence-electron chi connectivity index (χ2n) is 5.74. The summed E-state index contributed by atoms with van der Waals surface area (Å²) in [6, 6.07) is 9.33. The van der Waals surface area contributed by atoms with Gasteiger partial charge in [-0.25, -0.2) is 9.59 Å². The molecular weight excluding hydrogens is 282 g/mol. The molecule has 1 aromatic rings. The van der Waals surface area contributed by atoms with Crippen LogP contribution in [0.3, 0.4) is 0 Å². The summed E-state index contributed by atoms with van der Waals surface area (Å²) >= 11 is 0. The third-order valence-corrected chi connectivity index (χ3v) is 3.81. The lowest BCUT2D eigenvalue weighted by molar-refractivity contribution is -0.133. The van der Waals surface area contributed by atoms with E-state index >= 15 is 0 Å². The summed E-state index contributed by atoms with van der Waals surface area (Å²) in [7, 11) is 1.29. The average molecular weight is 303 g/mol. The molecule has 118 valence electrons. The lowest BCUT2D eigenvalue weighted by Gasteiger charge is -2.32. The predicted octanol–water partition coefficient (Wildman–Crippen LogP) is 3.37. The van der Waals surface area contributed by atoms with Gasteiger partial charge < -0.3 is 9.47 Å². The van der Waals surface area contributed by atoms with Crippen molar-refractivity contribution in [2.75, 3.05) is 7.11 Å². The summed E-state index contributed by atoms with van der Waals surface area (Å²) in [4.78, 5) is 27.3.